The molecule has 3 aromatic carbocycles. The number of non-ortho nitro benzene ring substituents is 1. The molecule has 4 rings (SSSR count). The number of benzene rings is 3. The van der Waals surface area contributed by atoms with Gasteiger partial charge in [-0.05, 0) is 42.0 Å². The average Bonchev–Trinajstić information content (AvgIpc) is 3.05. The standard InChI is InChI=1S/C23H15BrN2O5/c24-16-10-6-14(7-11-16)20-19(21(27)15-8-12-18(13-9-15)26(30)31)22(28)23(29)25(20)17-4-2-1-3-5-17/h1-13,20,27H/b21-19+/t20-/m0/s1. The van der Waals surface area contributed by atoms with Gasteiger partial charge >= 0.3 is 0 Å². The molecule has 1 N–H and O–H groups in total. The molecule has 3 aromatic rings. The van der Waals surface area contributed by atoms with Crippen LogP contribution in [-0.4, -0.2) is 21.7 Å². The Kier molecular flexibility index (Phi) is 5.39. The molecule has 0 aliphatic carbocycles. The molecule has 0 radical (unpaired) electrons. The highest BCUT2D eigenvalue weighted by molar-refractivity contribution is 9.10. The highest BCUT2D eigenvalue weighted by Gasteiger charge is 2.46. The van der Waals surface area contributed by atoms with Crippen molar-refractivity contribution in [1.29, 1.82) is 0 Å². The van der Waals surface area contributed by atoms with Crippen LogP contribution in [0.5, 0.6) is 0 Å². The number of para-hydroxylation sites is 1. The summed E-state index contributed by atoms with van der Waals surface area (Å²) in [6.07, 6.45) is 0. The molecule has 1 saturated heterocycles. The number of rotatable bonds is 4. The number of aliphatic hydroxyl groups is 1. The van der Waals surface area contributed by atoms with E-state index in [0.29, 0.717) is 11.3 Å². The van der Waals surface area contributed by atoms with Crippen LogP contribution in [0.2, 0.25) is 0 Å². The fourth-order valence-corrected chi connectivity index (χ4v) is 3.81. The Morgan fingerprint density at radius 1 is 0.935 bits per heavy atom. The van der Waals surface area contributed by atoms with E-state index in [1.165, 1.54) is 29.2 Å². The topological polar surface area (TPSA) is 101 Å². The first-order chi connectivity index (χ1) is 14.9. The molecule has 1 aliphatic rings. The molecule has 1 atom stereocenters. The number of aliphatic hydroxyl groups excluding tert-OH is 1. The van der Waals surface area contributed by atoms with Crippen LogP contribution in [0.4, 0.5) is 11.4 Å². The predicted octanol–water partition coefficient (Wildman–Crippen LogP) is 4.98. The number of nitro benzene ring substituents is 1. The lowest BCUT2D eigenvalue weighted by molar-refractivity contribution is -0.384. The lowest BCUT2D eigenvalue weighted by Gasteiger charge is -2.25. The van der Waals surface area contributed by atoms with Crippen LogP contribution in [0.15, 0.2) is 88.9 Å². The van der Waals surface area contributed by atoms with Gasteiger partial charge in [-0.25, -0.2) is 0 Å². The van der Waals surface area contributed by atoms with Crippen LogP contribution >= 0.6 is 15.9 Å². The number of carbonyl (C=O) groups is 2. The van der Waals surface area contributed by atoms with Crippen molar-refractivity contribution in [3.05, 3.63) is 110 Å². The third kappa shape index (κ3) is 3.73. The zero-order valence-electron chi connectivity index (χ0n) is 15.9. The summed E-state index contributed by atoms with van der Waals surface area (Å²) < 4.78 is 0.822. The Morgan fingerprint density at radius 2 is 1.55 bits per heavy atom. The molecule has 1 fully saturated rings. The average molecular weight is 479 g/mol. The van der Waals surface area contributed by atoms with E-state index in [2.05, 4.69) is 15.9 Å². The molecule has 0 spiro atoms. The maximum absolute atomic E-state index is 13.0. The number of hydrogen-bond acceptors (Lipinski definition) is 5. The van der Waals surface area contributed by atoms with Crippen LogP contribution < -0.4 is 4.90 Å². The SMILES string of the molecule is O=C1C(=O)N(c2ccccc2)[C@@H](c2ccc(Br)cc2)/C1=C(\O)c1ccc([N+](=O)[O-])cc1. The van der Waals surface area contributed by atoms with E-state index < -0.39 is 22.7 Å². The second-order valence-corrected chi connectivity index (χ2v) is 7.78. The molecule has 0 unspecified atom stereocenters. The summed E-state index contributed by atoms with van der Waals surface area (Å²) >= 11 is 3.37. The Labute approximate surface area is 185 Å². The monoisotopic (exact) mass is 478 g/mol. The largest absolute Gasteiger partial charge is 0.507 e. The summed E-state index contributed by atoms with van der Waals surface area (Å²) in [5.74, 6) is -1.98. The van der Waals surface area contributed by atoms with E-state index >= 15 is 0 Å². The van der Waals surface area contributed by atoms with E-state index in [9.17, 15) is 24.8 Å². The van der Waals surface area contributed by atoms with Crippen LogP contribution in [0.25, 0.3) is 5.76 Å². The molecular formula is C23H15BrN2O5. The van der Waals surface area contributed by atoms with Gasteiger partial charge < -0.3 is 5.11 Å². The van der Waals surface area contributed by atoms with Gasteiger partial charge in [-0.2, -0.15) is 0 Å². The number of carbonyl (C=O) groups excluding carboxylic acids is 2. The highest BCUT2D eigenvalue weighted by atomic mass is 79.9. The molecule has 154 valence electrons. The van der Waals surface area contributed by atoms with Gasteiger partial charge in [0.15, 0.2) is 0 Å². The molecule has 7 nitrogen and oxygen atoms in total. The van der Waals surface area contributed by atoms with Gasteiger partial charge in [-0.15, -0.1) is 0 Å². The quantitative estimate of drug-likeness (QED) is 0.187. The normalized spacial score (nSPS) is 17.7. The summed E-state index contributed by atoms with van der Waals surface area (Å²) in [7, 11) is 0. The molecule has 1 amide bonds. The number of amides is 1. The summed E-state index contributed by atoms with van der Waals surface area (Å²) in [6, 6.07) is 20.1. The summed E-state index contributed by atoms with van der Waals surface area (Å²) in [6.45, 7) is 0. The van der Waals surface area contributed by atoms with Gasteiger partial charge in [-0.3, -0.25) is 24.6 Å². The summed E-state index contributed by atoms with van der Waals surface area (Å²) in [4.78, 5) is 37.7. The highest BCUT2D eigenvalue weighted by Crippen LogP contribution is 2.42. The maximum atomic E-state index is 13.0. The molecule has 1 heterocycles. The van der Waals surface area contributed by atoms with Crippen molar-refractivity contribution in [2.24, 2.45) is 0 Å². The molecule has 0 aromatic heterocycles. The molecule has 31 heavy (non-hydrogen) atoms. The number of nitro groups is 1. The van der Waals surface area contributed by atoms with Gasteiger partial charge in [0.1, 0.15) is 5.76 Å². The van der Waals surface area contributed by atoms with E-state index in [1.807, 2.05) is 0 Å². The third-order valence-electron chi connectivity index (χ3n) is 5.02. The first-order valence-corrected chi connectivity index (χ1v) is 10.0. The van der Waals surface area contributed by atoms with E-state index in [-0.39, 0.29) is 22.6 Å². The van der Waals surface area contributed by atoms with Crippen molar-refractivity contribution in [1.82, 2.24) is 0 Å². The number of halogens is 1. The van der Waals surface area contributed by atoms with Crippen LogP contribution in [0, 0.1) is 10.1 Å². The van der Waals surface area contributed by atoms with Crippen molar-refractivity contribution < 1.29 is 19.6 Å². The molecular weight excluding hydrogens is 464 g/mol. The van der Waals surface area contributed by atoms with Gasteiger partial charge in [0, 0.05) is 27.9 Å². The molecule has 0 bridgehead atoms. The predicted molar refractivity (Wildman–Crippen MR) is 118 cm³/mol. The lowest BCUT2D eigenvalue weighted by Crippen LogP contribution is -2.29. The Bertz CT molecular complexity index is 1200. The maximum Gasteiger partial charge on any atom is 0.300 e. The Balaban J connectivity index is 1.91. The summed E-state index contributed by atoms with van der Waals surface area (Å²) in [5, 5.41) is 21.9. The fourth-order valence-electron chi connectivity index (χ4n) is 3.54. The van der Waals surface area contributed by atoms with Crippen molar-refractivity contribution in [3.63, 3.8) is 0 Å². The zero-order chi connectivity index (χ0) is 22.1. The first kappa shape index (κ1) is 20.5. The number of nitrogens with zero attached hydrogens (tertiary/aromatic N) is 2. The van der Waals surface area contributed by atoms with Gasteiger partial charge in [0.25, 0.3) is 17.4 Å². The van der Waals surface area contributed by atoms with Crippen molar-refractivity contribution in [2.45, 2.75) is 6.04 Å². The smallest absolute Gasteiger partial charge is 0.300 e. The Hall–Kier alpha value is -3.78. The molecule has 0 saturated carbocycles. The second-order valence-electron chi connectivity index (χ2n) is 6.86. The van der Waals surface area contributed by atoms with E-state index in [4.69, 9.17) is 0 Å². The number of Topliss-reactive ketones (excluding diaryl/α,β-unsaturated/α-hetero) is 1. The summed E-state index contributed by atoms with van der Waals surface area (Å²) in [5.41, 5.74) is 1.13. The van der Waals surface area contributed by atoms with Crippen LogP contribution in [-0.2, 0) is 9.59 Å². The minimum Gasteiger partial charge on any atom is -0.507 e. The second kappa shape index (κ2) is 8.16. The van der Waals surface area contributed by atoms with Gasteiger partial charge in [0.2, 0.25) is 0 Å². The number of anilines is 1. The third-order valence-corrected chi connectivity index (χ3v) is 5.54. The number of hydrogen-bond donors (Lipinski definition) is 1. The molecule has 8 heteroatoms. The van der Waals surface area contributed by atoms with Gasteiger partial charge in [0.05, 0.1) is 16.5 Å². The van der Waals surface area contributed by atoms with Crippen LogP contribution in [0.3, 0.4) is 0 Å². The zero-order valence-corrected chi connectivity index (χ0v) is 17.5. The minimum atomic E-state index is -0.856. The first-order valence-electron chi connectivity index (χ1n) is 9.25. The van der Waals surface area contributed by atoms with Crippen molar-refractivity contribution in [3.8, 4) is 0 Å². The fraction of sp³-hybridized carbons (Fsp3) is 0.0435. The van der Waals surface area contributed by atoms with Crippen LogP contribution in [0.1, 0.15) is 17.2 Å². The van der Waals surface area contributed by atoms with Gasteiger partial charge in [-0.1, -0.05) is 46.3 Å². The Morgan fingerprint density at radius 3 is 2.13 bits per heavy atom. The van der Waals surface area contributed by atoms with Crippen molar-refractivity contribution >= 4 is 44.8 Å². The van der Waals surface area contributed by atoms with E-state index in [0.717, 1.165) is 4.47 Å². The number of ketones is 1. The lowest BCUT2D eigenvalue weighted by atomic mass is 9.95. The molecule has 1 aliphatic heterocycles. The van der Waals surface area contributed by atoms with Crippen molar-refractivity contribution in [2.75, 3.05) is 4.90 Å². The minimum absolute atomic E-state index is 0.0787. The van der Waals surface area contributed by atoms with E-state index in [1.54, 1.807) is 54.6 Å².